The van der Waals surface area contributed by atoms with Gasteiger partial charge >= 0.3 is 6.09 Å². The fourth-order valence-electron chi connectivity index (χ4n) is 3.95. The van der Waals surface area contributed by atoms with Crippen LogP contribution in [0.4, 0.5) is 16.2 Å². The van der Waals surface area contributed by atoms with Crippen molar-refractivity contribution < 1.29 is 9.53 Å². The van der Waals surface area contributed by atoms with Crippen LogP contribution in [0.1, 0.15) is 5.56 Å². The number of nitrogens with zero attached hydrogens (tertiary/aromatic N) is 5. The average Bonchev–Trinajstić information content (AvgIpc) is 3.34. The fraction of sp³-hybridized carbons (Fsp3) is 0.471. The van der Waals surface area contributed by atoms with Gasteiger partial charge in [0, 0.05) is 36.5 Å². The second-order valence-electron chi connectivity index (χ2n) is 6.60. The first kappa shape index (κ1) is 15.1. The van der Waals surface area contributed by atoms with Crippen molar-refractivity contribution in [3.8, 4) is 0 Å². The van der Waals surface area contributed by atoms with Crippen LogP contribution >= 0.6 is 11.8 Å². The predicted octanol–water partition coefficient (Wildman–Crippen LogP) is 1.78. The van der Waals surface area contributed by atoms with E-state index in [2.05, 4.69) is 33.4 Å². The maximum absolute atomic E-state index is 12.4. The minimum absolute atomic E-state index is 0.0406. The van der Waals surface area contributed by atoms with Crippen molar-refractivity contribution in [1.82, 2.24) is 15.0 Å². The molecule has 0 unspecified atom stereocenters. The van der Waals surface area contributed by atoms with Crippen molar-refractivity contribution in [2.45, 2.75) is 25.1 Å². The Morgan fingerprint density at radius 1 is 1.28 bits per heavy atom. The molecule has 1 aromatic carbocycles. The molecule has 0 spiro atoms. The molecule has 2 saturated heterocycles. The lowest BCUT2D eigenvalue weighted by atomic mass is 10.0. The smallest absolute Gasteiger partial charge is 0.415 e. The van der Waals surface area contributed by atoms with Gasteiger partial charge in [0.2, 0.25) is 0 Å². The van der Waals surface area contributed by atoms with Crippen molar-refractivity contribution in [3.63, 3.8) is 0 Å². The third-order valence-corrected chi connectivity index (χ3v) is 6.12. The van der Waals surface area contributed by atoms with Crippen LogP contribution < -0.4 is 9.80 Å². The molecule has 0 aliphatic carbocycles. The molecule has 0 N–H and O–H groups in total. The van der Waals surface area contributed by atoms with E-state index in [4.69, 9.17) is 4.74 Å². The van der Waals surface area contributed by atoms with Gasteiger partial charge < -0.3 is 9.64 Å². The number of thioether (sulfide) groups is 1. The molecular weight excluding hydrogens is 338 g/mol. The normalized spacial score (nSPS) is 25.0. The maximum Gasteiger partial charge on any atom is 0.415 e. The molecule has 3 aliphatic rings. The van der Waals surface area contributed by atoms with Gasteiger partial charge in [0.15, 0.2) is 0 Å². The van der Waals surface area contributed by atoms with E-state index in [1.807, 2.05) is 16.7 Å². The van der Waals surface area contributed by atoms with Crippen LogP contribution in [0.2, 0.25) is 0 Å². The molecule has 8 heteroatoms. The summed E-state index contributed by atoms with van der Waals surface area (Å²) in [6, 6.07) is 6.50. The van der Waals surface area contributed by atoms with Crippen molar-refractivity contribution in [2.75, 3.05) is 34.4 Å². The van der Waals surface area contributed by atoms with E-state index in [0.717, 1.165) is 25.2 Å². The second kappa shape index (κ2) is 5.94. The molecule has 7 nitrogen and oxygen atoms in total. The summed E-state index contributed by atoms with van der Waals surface area (Å²) in [6.07, 6.45) is 3.82. The Bertz CT molecular complexity index is 790. The van der Waals surface area contributed by atoms with Crippen molar-refractivity contribution in [3.05, 3.63) is 36.2 Å². The van der Waals surface area contributed by atoms with Gasteiger partial charge in [-0.15, -0.1) is 5.10 Å². The number of hydrogen-bond acceptors (Lipinski definition) is 6. The Morgan fingerprint density at radius 3 is 2.96 bits per heavy atom. The minimum atomic E-state index is -0.254. The third kappa shape index (κ3) is 2.55. The number of carbonyl (C=O) groups is 1. The van der Waals surface area contributed by atoms with Gasteiger partial charge in [-0.05, 0) is 30.2 Å². The first-order valence-corrected chi connectivity index (χ1v) is 9.74. The molecular formula is C17H19N5O2S. The SMILES string of the molecule is O=C1O[C@@H](Cn2ccnn2)[C@@H]2Cc3cc(N4CCSCC4)ccc3N12. The number of cyclic esters (lactones) is 1. The van der Waals surface area contributed by atoms with Crippen molar-refractivity contribution >= 4 is 29.2 Å². The number of amides is 1. The summed E-state index contributed by atoms with van der Waals surface area (Å²) in [4.78, 5) is 16.6. The van der Waals surface area contributed by atoms with E-state index in [1.54, 1.807) is 17.1 Å². The Balaban J connectivity index is 1.40. The van der Waals surface area contributed by atoms with Gasteiger partial charge in [-0.3, -0.25) is 4.90 Å². The molecule has 1 aromatic heterocycles. The first-order valence-electron chi connectivity index (χ1n) is 8.59. The molecule has 0 saturated carbocycles. The van der Waals surface area contributed by atoms with Crippen LogP contribution in [0, 0.1) is 0 Å². The first-order chi connectivity index (χ1) is 12.3. The number of carbonyl (C=O) groups excluding carboxylic acids is 1. The molecule has 1 amide bonds. The van der Waals surface area contributed by atoms with Gasteiger partial charge in [-0.25, -0.2) is 9.48 Å². The van der Waals surface area contributed by atoms with Gasteiger partial charge in [-0.1, -0.05) is 5.21 Å². The molecule has 4 heterocycles. The molecule has 25 heavy (non-hydrogen) atoms. The van der Waals surface area contributed by atoms with E-state index in [-0.39, 0.29) is 18.2 Å². The lowest BCUT2D eigenvalue weighted by molar-refractivity contribution is 0.117. The van der Waals surface area contributed by atoms with Gasteiger partial charge in [0.25, 0.3) is 0 Å². The highest BCUT2D eigenvalue weighted by Crippen LogP contribution is 2.41. The lowest BCUT2D eigenvalue weighted by Crippen LogP contribution is -2.35. The van der Waals surface area contributed by atoms with Crippen LogP contribution in [0.3, 0.4) is 0 Å². The summed E-state index contributed by atoms with van der Waals surface area (Å²) in [7, 11) is 0. The zero-order valence-electron chi connectivity index (χ0n) is 13.7. The number of ether oxygens (including phenoxy) is 1. The maximum atomic E-state index is 12.4. The van der Waals surface area contributed by atoms with Crippen LogP contribution in [-0.2, 0) is 17.7 Å². The monoisotopic (exact) mass is 357 g/mol. The number of hydrogen-bond donors (Lipinski definition) is 0. The highest BCUT2D eigenvalue weighted by atomic mass is 32.2. The topological polar surface area (TPSA) is 63.5 Å². The summed E-state index contributed by atoms with van der Waals surface area (Å²) < 4.78 is 7.31. The molecule has 3 aliphatic heterocycles. The van der Waals surface area contributed by atoms with E-state index in [1.165, 1.54) is 22.8 Å². The molecule has 0 bridgehead atoms. The van der Waals surface area contributed by atoms with Crippen LogP contribution in [-0.4, -0.2) is 57.8 Å². The summed E-state index contributed by atoms with van der Waals surface area (Å²) >= 11 is 2.01. The number of aromatic nitrogens is 3. The molecule has 2 atom stereocenters. The number of rotatable bonds is 3. The van der Waals surface area contributed by atoms with Crippen LogP contribution in [0.5, 0.6) is 0 Å². The summed E-state index contributed by atoms with van der Waals surface area (Å²) in [5.41, 5.74) is 3.49. The fourth-order valence-corrected chi connectivity index (χ4v) is 4.86. The van der Waals surface area contributed by atoms with E-state index >= 15 is 0 Å². The van der Waals surface area contributed by atoms with Crippen LogP contribution in [0.15, 0.2) is 30.6 Å². The summed E-state index contributed by atoms with van der Waals surface area (Å²) in [5, 5.41) is 7.81. The number of anilines is 2. The average molecular weight is 357 g/mol. The number of benzene rings is 1. The Hall–Kier alpha value is -2.22. The summed E-state index contributed by atoms with van der Waals surface area (Å²) in [6.45, 7) is 2.72. The van der Waals surface area contributed by atoms with E-state index < -0.39 is 0 Å². The van der Waals surface area contributed by atoms with Gasteiger partial charge in [-0.2, -0.15) is 11.8 Å². The van der Waals surface area contributed by atoms with Crippen molar-refractivity contribution in [2.24, 2.45) is 0 Å². The standard InChI is InChI=1S/C17H19N5O2S/c23-17-22-14-2-1-13(20-5-7-25-8-6-20)9-12(14)10-15(22)16(24-17)11-21-4-3-18-19-21/h1-4,9,15-16H,5-8,10-11H2/t15-,16-/m0/s1. The third-order valence-electron chi connectivity index (χ3n) is 5.18. The molecule has 5 rings (SSSR count). The largest absolute Gasteiger partial charge is 0.442 e. The molecule has 2 fully saturated rings. The summed E-state index contributed by atoms with van der Waals surface area (Å²) in [5.74, 6) is 2.36. The van der Waals surface area contributed by atoms with Gasteiger partial charge in [0.05, 0.1) is 24.5 Å². The minimum Gasteiger partial charge on any atom is -0.442 e. The Kier molecular flexibility index (Phi) is 3.58. The Labute approximate surface area is 149 Å². The van der Waals surface area contributed by atoms with Crippen LogP contribution in [0.25, 0.3) is 0 Å². The molecule has 0 radical (unpaired) electrons. The van der Waals surface area contributed by atoms with E-state index in [0.29, 0.717) is 6.54 Å². The van der Waals surface area contributed by atoms with Gasteiger partial charge in [0.1, 0.15) is 6.10 Å². The highest BCUT2D eigenvalue weighted by molar-refractivity contribution is 7.99. The zero-order chi connectivity index (χ0) is 16.8. The quantitative estimate of drug-likeness (QED) is 0.834. The highest BCUT2D eigenvalue weighted by Gasteiger charge is 2.47. The zero-order valence-corrected chi connectivity index (χ0v) is 14.6. The van der Waals surface area contributed by atoms with Crippen molar-refractivity contribution in [1.29, 1.82) is 0 Å². The molecule has 2 aromatic rings. The number of fused-ring (bicyclic) bond motifs is 3. The Morgan fingerprint density at radius 2 is 2.16 bits per heavy atom. The predicted molar refractivity (Wildman–Crippen MR) is 96.2 cm³/mol. The second-order valence-corrected chi connectivity index (χ2v) is 7.83. The molecule has 130 valence electrons. The van der Waals surface area contributed by atoms with E-state index in [9.17, 15) is 4.79 Å². The lowest BCUT2D eigenvalue weighted by Gasteiger charge is -2.29.